The fourth-order valence-corrected chi connectivity index (χ4v) is 2.62. The van der Waals surface area contributed by atoms with E-state index in [1.807, 2.05) is 6.07 Å². The van der Waals surface area contributed by atoms with Crippen molar-refractivity contribution in [3.05, 3.63) is 12.1 Å². The van der Waals surface area contributed by atoms with Crippen molar-refractivity contribution < 1.29 is 4.74 Å². The molecule has 0 amide bonds. The summed E-state index contributed by atoms with van der Waals surface area (Å²) in [6.07, 6.45) is 3.55. The Bertz CT molecular complexity index is 394. The molecule has 1 fully saturated rings. The summed E-state index contributed by atoms with van der Waals surface area (Å²) in [5, 5.41) is 0. The Morgan fingerprint density at radius 3 is 2.88 bits per heavy atom. The van der Waals surface area contributed by atoms with Crippen LogP contribution in [0.5, 0.6) is 5.88 Å². The van der Waals surface area contributed by atoms with E-state index in [2.05, 4.69) is 23.7 Å². The van der Waals surface area contributed by atoms with Crippen LogP contribution < -0.4 is 15.4 Å². The van der Waals surface area contributed by atoms with Gasteiger partial charge >= 0.3 is 0 Å². The molecule has 2 N–H and O–H groups in total. The Balaban J connectivity index is 2.37. The van der Waals surface area contributed by atoms with Crippen molar-refractivity contribution in [2.75, 3.05) is 17.7 Å². The molecule has 2 heterocycles. The highest BCUT2D eigenvalue weighted by atomic mass is 16.5. The minimum absolute atomic E-state index is 0.502. The molecule has 0 aliphatic carbocycles. The number of rotatable bonds is 3. The number of ether oxygens (including phenoxy) is 1. The molecule has 4 heteroatoms. The van der Waals surface area contributed by atoms with Crippen molar-refractivity contribution in [3.63, 3.8) is 0 Å². The number of hydrogen-bond acceptors (Lipinski definition) is 4. The SMILES string of the molecule is CCC1CCC(C)N1c1nc(OC)ccc1N. The Kier molecular flexibility index (Phi) is 3.41. The predicted octanol–water partition coefficient (Wildman–Crippen LogP) is 2.44. The molecule has 0 radical (unpaired) electrons. The molecule has 1 aromatic rings. The van der Waals surface area contributed by atoms with Crippen LogP contribution in [0.2, 0.25) is 0 Å². The highest BCUT2D eigenvalue weighted by Crippen LogP contribution is 2.34. The first-order chi connectivity index (χ1) is 8.17. The Hall–Kier alpha value is -1.45. The summed E-state index contributed by atoms with van der Waals surface area (Å²) in [4.78, 5) is 6.85. The first-order valence-electron chi connectivity index (χ1n) is 6.26. The number of nitrogens with two attached hydrogens (primary N) is 1. The van der Waals surface area contributed by atoms with Crippen molar-refractivity contribution in [2.24, 2.45) is 0 Å². The van der Waals surface area contributed by atoms with E-state index >= 15 is 0 Å². The molecule has 2 unspecified atom stereocenters. The van der Waals surface area contributed by atoms with Crippen LogP contribution in [-0.2, 0) is 0 Å². The normalized spacial score (nSPS) is 24.1. The third-order valence-corrected chi connectivity index (χ3v) is 3.59. The Morgan fingerprint density at radius 2 is 2.24 bits per heavy atom. The average Bonchev–Trinajstić information content (AvgIpc) is 2.71. The minimum atomic E-state index is 0.502. The van der Waals surface area contributed by atoms with Crippen molar-refractivity contribution in [3.8, 4) is 5.88 Å². The zero-order valence-corrected chi connectivity index (χ0v) is 10.8. The number of nitrogen functional groups attached to an aromatic ring is 1. The van der Waals surface area contributed by atoms with Gasteiger partial charge < -0.3 is 15.4 Å². The van der Waals surface area contributed by atoms with Gasteiger partial charge in [-0.2, -0.15) is 4.98 Å². The van der Waals surface area contributed by atoms with Crippen LogP contribution in [0.15, 0.2) is 12.1 Å². The van der Waals surface area contributed by atoms with E-state index in [1.54, 1.807) is 13.2 Å². The molecule has 0 bridgehead atoms. The van der Waals surface area contributed by atoms with Gasteiger partial charge in [0.2, 0.25) is 5.88 Å². The Labute approximate surface area is 103 Å². The van der Waals surface area contributed by atoms with Gasteiger partial charge in [0.15, 0.2) is 5.82 Å². The monoisotopic (exact) mass is 235 g/mol. The largest absolute Gasteiger partial charge is 0.481 e. The van der Waals surface area contributed by atoms with Crippen LogP contribution in [0, 0.1) is 0 Å². The first-order valence-corrected chi connectivity index (χ1v) is 6.26. The number of methoxy groups -OCH3 is 1. The average molecular weight is 235 g/mol. The molecular weight excluding hydrogens is 214 g/mol. The van der Waals surface area contributed by atoms with Gasteiger partial charge in [0, 0.05) is 18.2 Å². The molecular formula is C13H21N3O. The maximum atomic E-state index is 6.04. The highest BCUT2D eigenvalue weighted by molar-refractivity contribution is 5.65. The van der Waals surface area contributed by atoms with Gasteiger partial charge in [-0.15, -0.1) is 0 Å². The summed E-state index contributed by atoms with van der Waals surface area (Å²) in [5.41, 5.74) is 6.78. The predicted molar refractivity (Wildman–Crippen MR) is 70.5 cm³/mol. The zero-order valence-electron chi connectivity index (χ0n) is 10.8. The first kappa shape index (κ1) is 12.0. The molecule has 1 aliphatic rings. The summed E-state index contributed by atoms with van der Waals surface area (Å²) in [6, 6.07) is 4.73. The van der Waals surface area contributed by atoms with E-state index in [9.17, 15) is 0 Å². The van der Waals surface area contributed by atoms with Crippen molar-refractivity contribution in [2.45, 2.75) is 45.2 Å². The number of hydrogen-bond donors (Lipinski definition) is 1. The van der Waals surface area contributed by atoms with Crippen molar-refractivity contribution >= 4 is 11.5 Å². The molecule has 0 spiro atoms. The summed E-state index contributed by atoms with van der Waals surface area (Å²) in [6.45, 7) is 4.45. The van der Waals surface area contributed by atoms with Crippen LogP contribution in [0.3, 0.4) is 0 Å². The quantitative estimate of drug-likeness (QED) is 0.874. The molecule has 1 aliphatic heterocycles. The molecule has 1 saturated heterocycles. The Morgan fingerprint density at radius 1 is 1.47 bits per heavy atom. The third-order valence-electron chi connectivity index (χ3n) is 3.59. The van der Waals surface area contributed by atoms with Gasteiger partial charge in [-0.25, -0.2) is 0 Å². The van der Waals surface area contributed by atoms with Crippen LogP contribution in [0.25, 0.3) is 0 Å². The van der Waals surface area contributed by atoms with E-state index in [0.29, 0.717) is 18.0 Å². The van der Waals surface area contributed by atoms with Crippen LogP contribution >= 0.6 is 0 Å². The molecule has 1 aromatic heterocycles. The van der Waals surface area contributed by atoms with E-state index in [-0.39, 0.29) is 0 Å². The van der Waals surface area contributed by atoms with Gasteiger partial charge in [0.25, 0.3) is 0 Å². The maximum absolute atomic E-state index is 6.04. The molecule has 0 aromatic carbocycles. The molecule has 2 rings (SSSR count). The smallest absolute Gasteiger partial charge is 0.215 e. The summed E-state index contributed by atoms with van der Waals surface area (Å²) in [5.74, 6) is 1.50. The lowest BCUT2D eigenvalue weighted by molar-refractivity contribution is 0.397. The van der Waals surface area contributed by atoms with E-state index < -0.39 is 0 Å². The molecule has 17 heavy (non-hydrogen) atoms. The number of nitrogens with zero attached hydrogens (tertiary/aromatic N) is 2. The standard InChI is InChI=1S/C13H21N3O/c1-4-10-6-5-9(2)16(10)13-11(14)7-8-12(15-13)17-3/h7-10H,4-6,14H2,1-3H3. The van der Waals surface area contributed by atoms with E-state index in [0.717, 1.165) is 17.9 Å². The second-order valence-electron chi connectivity index (χ2n) is 4.66. The van der Waals surface area contributed by atoms with Crippen molar-refractivity contribution in [1.82, 2.24) is 4.98 Å². The summed E-state index contributed by atoms with van der Waals surface area (Å²) < 4.78 is 5.18. The fraction of sp³-hybridized carbons (Fsp3) is 0.615. The van der Waals surface area contributed by atoms with Crippen LogP contribution in [-0.4, -0.2) is 24.2 Å². The lowest BCUT2D eigenvalue weighted by Crippen LogP contribution is -2.35. The van der Waals surface area contributed by atoms with Crippen LogP contribution in [0.1, 0.15) is 33.1 Å². The lowest BCUT2D eigenvalue weighted by atomic mass is 10.1. The van der Waals surface area contributed by atoms with Crippen LogP contribution in [0.4, 0.5) is 11.5 Å². The molecule has 94 valence electrons. The number of anilines is 2. The topological polar surface area (TPSA) is 51.4 Å². The summed E-state index contributed by atoms with van der Waals surface area (Å²) in [7, 11) is 1.63. The molecule has 0 saturated carbocycles. The van der Waals surface area contributed by atoms with Gasteiger partial charge in [0.05, 0.1) is 12.8 Å². The highest BCUT2D eigenvalue weighted by Gasteiger charge is 2.31. The second kappa shape index (κ2) is 4.82. The lowest BCUT2D eigenvalue weighted by Gasteiger charge is -2.30. The van der Waals surface area contributed by atoms with Gasteiger partial charge in [-0.1, -0.05) is 6.92 Å². The number of aromatic nitrogens is 1. The maximum Gasteiger partial charge on any atom is 0.215 e. The van der Waals surface area contributed by atoms with Gasteiger partial charge in [-0.3, -0.25) is 0 Å². The third kappa shape index (κ3) is 2.16. The number of pyridine rings is 1. The fourth-order valence-electron chi connectivity index (χ4n) is 2.62. The zero-order chi connectivity index (χ0) is 12.4. The van der Waals surface area contributed by atoms with Gasteiger partial charge in [-0.05, 0) is 32.3 Å². The van der Waals surface area contributed by atoms with Gasteiger partial charge in [0.1, 0.15) is 0 Å². The second-order valence-corrected chi connectivity index (χ2v) is 4.66. The summed E-state index contributed by atoms with van der Waals surface area (Å²) >= 11 is 0. The minimum Gasteiger partial charge on any atom is -0.481 e. The van der Waals surface area contributed by atoms with Crippen molar-refractivity contribution in [1.29, 1.82) is 0 Å². The van der Waals surface area contributed by atoms with E-state index in [1.165, 1.54) is 12.8 Å². The molecule has 4 nitrogen and oxygen atoms in total. The van der Waals surface area contributed by atoms with E-state index in [4.69, 9.17) is 10.5 Å². The molecule has 2 atom stereocenters.